The fraction of sp³-hybridized carbons (Fsp3) is 0.226. The second kappa shape index (κ2) is 18.0. The predicted octanol–water partition coefficient (Wildman–Crippen LogP) is 8.52. The van der Waals surface area contributed by atoms with Gasteiger partial charge < -0.3 is 29.9 Å². The van der Waals surface area contributed by atoms with E-state index in [9.17, 15) is 9.90 Å². The Morgan fingerprint density at radius 1 is 0.730 bits per heavy atom. The van der Waals surface area contributed by atoms with E-state index in [1.165, 1.54) is 0 Å². The molecule has 0 radical (unpaired) electrons. The number of hydrogen-bond acceptors (Lipinski definition) is 7. The molecular formula is C53H50N6O4. The van der Waals surface area contributed by atoms with Crippen molar-refractivity contribution < 1.29 is 19.4 Å². The van der Waals surface area contributed by atoms with Crippen LogP contribution in [0.5, 0.6) is 5.75 Å². The number of likely N-dealkylation sites (N-methyl/N-ethyl adjacent to an activating group) is 1. The van der Waals surface area contributed by atoms with Gasteiger partial charge in [-0.15, -0.1) is 0 Å². The molecule has 2 aliphatic rings. The van der Waals surface area contributed by atoms with Gasteiger partial charge in [-0.1, -0.05) is 109 Å². The summed E-state index contributed by atoms with van der Waals surface area (Å²) in [5.41, 5.74) is 5.97. The number of carbonyl (C=O) groups excluding carboxylic acids is 2. The van der Waals surface area contributed by atoms with Gasteiger partial charge in [0.05, 0.1) is 16.8 Å². The number of piperazine rings is 1. The maximum atomic E-state index is 15.1. The molecule has 2 aliphatic heterocycles. The monoisotopic (exact) mass is 834 g/mol. The second-order valence-corrected chi connectivity index (χ2v) is 16.3. The fourth-order valence-electron chi connectivity index (χ4n) is 9.09. The molecule has 10 nitrogen and oxygen atoms in total. The minimum absolute atomic E-state index is 0.117. The van der Waals surface area contributed by atoms with Crippen molar-refractivity contribution in [2.75, 3.05) is 61.6 Å². The Morgan fingerprint density at radius 2 is 1.33 bits per heavy atom. The molecule has 316 valence electrons. The topological polar surface area (TPSA) is 103 Å². The lowest BCUT2D eigenvalue weighted by atomic mass is 9.77. The van der Waals surface area contributed by atoms with Crippen LogP contribution in [0.15, 0.2) is 152 Å². The third-order valence-corrected chi connectivity index (χ3v) is 12.3. The molecule has 10 heteroatoms. The van der Waals surface area contributed by atoms with E-state index in [2.05, 4.69) is 70.4 Å². The van der Waals surface area contributed by atoms with Crippen molar-refractivity contribution in [3.63, 3.8) is 0 Å². The summed E-state index contributed by atoms with van der Waals surface area (Å²) in [4.78, 5) is 35.2. The van der Waals surface area contributed by atoms with Gasteiger partial charge in [0.2, 0.25) is 5.91 Å². The number of amides is 2. The molecular weight excluding hydrogens is 785 g/mol. The molecule has 0 atom stereocenters. The lowest BCUT2D eigenvalue weighted by Crippen LogP contribution is -2.45. The molecule has 0 spiro atoms. The van der Waals surface area contributed by atoms with Crippen molar-refractivity contribution >= 4 is 39.9 Å². The number of fused-ring (bicyclic) bond motifs is 1. The number of rotatable bonds is 9. The van der Waals surface area contributed by atoms with E-state index in [4.69, 9.17) is 9.84 Å². The van der Waals surface area contributed by atoms with E-state index in [0.717, 1.165) is 59.6 Å². The van der Waals surface area contributed by atoms with E-state index in [1.54, 1.807) is 30.0 Å². The van der Waals surface area contributed by atoms with Crippen molar-refractivity contribution in [2.24, 2.45) is 0 Å². The summed E-state index contributed by atoms with van der Waals surface area (Å²) in [6, 6.07) is 49.4. The van der Waals surface area contributed by atoms with Crippen LogP contribution in [0.1, 0.15) is 57.9 Å². The van der Waals surface area contributed by atoms with Crippen LogP contribution in [0.25, 0.3) is 10.9 Å². The highest BCUT2D eigenvalue weighted by Gasteiger charge is 2.41. The van der Waals surface area contributed by atoms with Crippen LogP contribution in [0.3, 0.4) is 0 Å². The number of phenolic OH excluding ortho intramolecular Hbond substituents is 1. The first-order chi connectivity index (χ1) is 30.8. The lowest BCUT2D eigenvalue weighted by molar-refractivity contribution is -0.117. The number of carbonyl (C=O) groups is 2. The standard InChI is InChI=1S/C53H50N6O4/c1-38(60)58(44-27-33-63-34-28-44)49-37-45(57-31-29-56(2)30-32-57)24-26-48(49)52(62)54-51-47-25-23-40(22-21-39-13-12-20-46(61)35-39)36-50(47)59(55-51)53(41-14-6-3-7-15-41,42-16-8-4-9-17-42)43-18-10-5-11-19-43/h3-20,23-26,35-37,44,61H,27-34H2,1-2H3,(H,54,55,62). The van der Waals surface area contributed by atoms with Crippen molar-refractivity contribution in [1.82, 2.24) is 14.7 Å². The number of nitrogens with one attached hydrogen (secondary N) is 1. The van der Waals surface area contributed by atoms with Crippen molar-refractivity contribution in [3.05, 3.63) is 185 Å². The highest BCUT2D eigenvalue weighted by atomic mass is 16.5. The molecule has 0 unspecified atom stereocenters. The summed E-state index contributed by atoms with van der Waals surface area (Å²) >= 11 is 0. The van der Waals surface area contributed by atoms with Gasteiger partial charge in [0.1, 0.15) is 11.3 Å². The van der Waals surface area contributed by atoms with Gasteiger partial charge in [0.15, 0.2) is 5.82 Å². The first kappa shape index (κ1) is 41.2. The lowest BCUT2D eigenvalue weighted by Gasteiger charge is -2.37. The van der Waals surface area contributed by atoms with Crippen molar-refractivity contribution in [2.45, 2.75) is 31.3 Å². The molecule has 0 saturated carbocycles. The van der Waals surface area contributed by atoms with Gasteiger partial charge in [-0.05, 0) is 91.2 Å². The smallest absolute Gasteiger partial charge is 0.259 e. The Kier molecular flexibility index (Phi) is 11.8. The molecule has 6 aromatic carbocycles. The summed E-state index contributed by atoms with van der Waals surface area (Å²) in [7, 11) is 2.12. The third kappa shape index (κ3) is 8.29. The number of phenols is 1. The Labute approximate surface area is 368 Å². The molecule has 2 fully saturated rings. The number of aromatic hydroxyl groups is 1. The normalized spacial score (nSPS) is 14.8. The first-order valence-corrected chi connectivity index (χ1v) is 21.6. The van der Waals surface area contributed by atoms with Gasteiger partial charge >= 0.3 is 0 Å². The molecule has 2 saturated heterocycles. The quantitative estimate of drug-likeness (QED) is 0.111. The maximum Gasteiger partial charge on any atom is 0.259 e. The van der Waals surface area contributed by atoms with Crippen LogP contribution >= 0.6 is 0 Å². The summed E-state index contributed by atoms with van der Waals surface area (Å²) in [5.74, 6) is 6.52. The van der Waals surface area contributed by atoms with Crippen LogP contribution in [-0.4, -0.2) is 84.1 Å². The van der Waals surface area contributed by atoms with E-state index in [-0.39, 0.29) is 23.6 Å². The molecule has 2 amide bonds. The number of ether oxygens (including phenoxy) is 1. The number of aromatic nitrogens is 2. The first-order valence-electron chi connectivity index (χ1n) is 21.6. The average Bonchev–Trinajstić information content (AvgIpc) is 3.67. The summed E-state index contributed by atoms with van der Waals surface area (Å²) < 4.78 is 7.72. The van der Waals surface area contributed by atoms with Gasteiger partial charge in [0.25, 0.3) is 5.91 Å². The molecule has 3 heterocycles. The van der Waals surface area contributed by atoms with Crippen molar-refractivity contribution in [3.8, 4) is 17.6 Å². The number of nitrogens with zero attached hydrogens (tertiary/aromatic N) is 5. The zero-order valence-electron chi connectivity index (χ0n) is 35.6. The molecule has 63 heavy (non-hydrogen) atoms. The molecule has 0 aliphatic carbocycles. The van der Waals surface area contributed by atoms with E-state index >= 15 is 4.79 Å². The van der Waals surface area contributed by atoms with Crippen molar-refractivity contribution in [1.29, 1.82) is 0 Å². The van der Waals surface area contributed by atoms with Gasteiger partial charge in [-0.2, -0.15) is 5.10 Å². The van der Waals surface area contributed by atoms with Crippen LogP contribution in [-0.2, 0) is 15.1 Å². The van der Waals surface area contributed by atoms with Crippen LogP contribution < -0.4 is 15.1 Å². The minimum atomic E-state index is -1.01. The SMILES string of the molecule is CC(=O)N(c1cc(N2CCN(C)CC2)ccc1C(=O)Nc1nn(C(c2ccccc2)(c2ccccc2)c2ccccc2)c2cc(C#Cc3cccc(O)c3)ccc12)C1CCOCC1. The Balaban J connectivity index is 1.23. The zero-order chi connectivity index (χ0) is 43.3. The Bertz CT molecular complexity index is 2700. The zero-order valence-corrected chi connectivity index (χ0v) is 35.6. The summed E-state index contributed by atoms with van der Waals surface area (Å²) in [5, 5.41) is 19.5. The molecule has 9 rings (SSSR count). The van der Waals surface area contributed by atoms with Gasteiger partial charge in [-0.3, -0.25) is 9.59 Å². The highest BCUT2D eigenvalue weighted by Crippen LogP contribution is 2.44. The highest BCUT2D eigenvalue weighted by molar-refractivity contribution is 6.13. The van der Waals surface area contributed by atoms with Crippen LogP contribution in [0.4, 0.5) is 17.2 Å². The van der Waals surface area contributed by atoms with Crippen LogP contribution in [0.2, 0.25) is 0 Å². The molecule has 7 aromatic rings. The maximum absolute atomic E-state index is 15.1. The van der Waals surface area contributed by atoms with Crippen LogP contribution in [0, 0.1) is 11.8 Å². The second-order valence-electron chi connectivity index (χ2n) is 16.3. The Morgan fingerprint density at radius 3 is 1.92 bits per heavy atom. The molecule has 2 N–H and O–H groups in total. The predicted molar refractivity (Wildman–Crippen MR) is 250 cm³/mol. The Hall–Kier alpha value is -7.19. The third-order valence-electron chi connectivity index (χ3n) is 12.3. The number of anilines is 3. The van der Waals surface area contributed by atoms with E-state index < -0.39 is 5.54 Å². The van der Waals surface area contributed by atoms with Gasteiger partial charge in [-0.25, -0.2) is 4.68 Å². The van der Waals surface area contributed by atoms with E-state index in [1.807, 2.05) is 102 Å². The number of benzene rings is 6. The minimum Gasteiger partial charge on any atom is -0.508 e. The summed E-state index contributed by atoms with van der Waals surface area (Å²) in [6.45, 7) is 6.19. The van der Waals surface area contributed by atoms with Gasteiger partial charge in [0, 0.05) is 74.6 Å². The summed E-state index contributed by atoms with van der Waals surface area (Å²) in [6.07, 6.45) is 1.34. The fourth-order valence-corrected chi connectivity index (χ4v) is 9.09. The molecule has 1 aromatic heterocycles. The van der Waals surface area contributed by atoms with E-state index in [0.29, 0.717) is 54.1 Å². The largest absolute Gasteiger partial charge is 0.508 e. The number of hydrogen-bond donors (Lipinski definition) is 2. The molecule has 0 bridgehead atoms. The average molecular weight is 835 g/mol.